The zero-order valence-electron chi connectivity index (χ0n) is 12.8. The first-order valence-electron chi connectivity index (χ1n) is 7.26. The molecular weight excluding hydrogens is 294 g/mol. The number of fused-ring (bicyclic) bond motifs is 2. The zero-order chi connectivity index (χ0) is 16.0. The number of nitrogens with one attached hydrogen (secondary N) is 2. The van der Waals surface area contributed by atoms with E-state index < -0.39 is 0 Å². The van der Waals surface area contributed by atoms with Gasteiger partial charge in [0.2, 0.25) is 0 Å². The van der Waals surface area contributed by atoms with Gasteiger partial charge in [0.05, 0.1) is 5.69 Å². The maximum atomic E-state index is 11.4. The molecule has 0 saturated heterocycles. The summed E-state index contributed by atoms with van der Waals surface area (Å²) < 4.78 is 7.14. The van der Waals surface area contributed by atoms with Gasteiger partial charge < -0.3 is 15.4 Å². The third kappa shape index (κ3) is 2.46. The van der Waals surface area contributed by atoms with Gasteiger partial charge in [-0.1, -0.05) is 0 Å². The molecule has 3 aromatic rings. The predicted molar refractivity (Wildman–Crippen MR) is 86.3 cm³/mol. The normalized spacial score (nSPS) is 13.4. The minimum atomic E-state index is -0.155. The van der Waals surface area contributed by atoms with E-state index in [2.05, 4.69) is 20.7 Å². The number of nitrogens with zero attached hydrogens (tertiary/aromatic N) is 3. The molecule has 0 atom stereocenters. The fraction of sp³-hybridized carbons (Fsp3) is 0.188. The van der Waals surface area contributed by atoms with E-state index in [1.165, 1.54) is 0 Å². The Morgan fingerprint density at radius 2 is 2.13 bits per heavy atom. The molecule has 2 N–H and O–H groups in total. The molecule has 116 valence electrons. The second-order valence-corrected chi connectivity index (χ2v) is 5.51. The number of rotatable bonds is 2. The Balaban J connectivity index is 1.67. The van der Waals surface area contributed by atoms with Crippen LogP contribution in [0.3, 0.4) is 0 Å². The first-order valence-corrected chi connectivity index (χ1v) is 7.26. The van der Waals surface area contributed by atoms with Crippen LogP contribution in [-0.4, -0.2) is 27.1 Å². The monoisotopic (exact) mass is 309 g/mol. The van der Waals surface area contributed by atoms with Crippen LogP contribution in [-0.2, 0) is 4.79 Å². The topological polar surface area (TPSA) is 80.5 Å². The van der Waals surface area contributed by atoms with Crippen molar-refractivity contribution in [2.24, 2.45) is 0 Å². The highest BCUT2D eigenvalue weighted by Gasteiger charge is 2.16. The number of carbonyl (C=O) groups excluding carboxylic acids is 1. The minimum absolute atomic E-state index is 0.0521. The van der Waals surface area contributed by atoms with Gasteiger partial charge in [0.1, 0.15) is 5.75 Å². The van der Waals surface area contributed by atoms with Crippen molar-refractivity contribution in [2.75, 3.05) is 17.2 Å². The summed E-state index contributed by atoms with van der Waals surface area (Å²) in [7, 11) is 0. The van der Waals surface area contributed by atoms with E-state index in [1.807, 2.05) is 44.2 Å². The molecule has 2 aromatic heterocycles. The van der Waals surface area contributed by atoms with Gasteiger partial charge in [0.15, 0.2) is 18.1 Å². The number of amides is 1. The second kappa shape index (κ2) is 4.98. The lowest BCUT2D eigenvalue weighted by Crippen LogP contribution is -2.25. The molecule has 1 aliphatic heterocycles. The van der Waals surface area contributed by atoms with Gasteiger partial charge >= 0.3 is 0 Å². The van der Waals surface area contributed by atoms with Crippen LogP contribution in [0.5, 0.6) is 5.75 Å². The van der Waals surface area contributed by atoms with Crippen molar-refractivity contribution in [1.82, 2.24) is 14.6 Å². The third-order valence-electron chi connectivity index (χ3n) is 3.62. The fourth-order valence-electron chi connectivity index (χ4n) is 2.66. The van der Waals surface area contributed by atoms with Gasteiger partial charge in [0.25, 0.3) is 5.91 Å². The number of hydrogen-bond donors (Lipinski definition) is 2. The SMILES string of the molecule is Cc1cc(C)n2nc(Nc3ccc4c(c3)NC(=O)CO4)cc2n1. The van der Waals surface area contributed by atoms with Crippen LogP contribution < -0.4 is 15.4 Å². The lowest BCUT2D eigenvalue weighted by molar-refractivity contribution is -0.118. The Labute approximate surface area is 132 Å². The van der Waals surface area contributed by atoms with Crippen LogP contribution >= 0.6 is 0 Å². The number of benzene rings is 1. The van der Waals surface area contributed by atoms with Gasteiger partial charge in [-0.3, -0.25) is 4.79 Å². The number of carbonyl (C=O) groups is 1. The number of anilines is 3. The summed E-state index contributed by atoms with van der Waals surface area (Å²) in [6.45, 7) is 4.00. The second-order valence-electron chi connectivity index (χ2n) is 5.51. The Kier molecular flexibility index (Phi) is 2.94. The predicted octanol–water partition coefficient (Wildman–Crippen LogP) is 2.42. The molecule has 3 heterocycles. The molecule has 0 unspecified atom stereocenters. The first-order chi connectivity index (χ1) is 11.1. The molecule has 7 nitrogen and oxygen atoms in total. The standard InChI is InChI=1S/C16H15N5O2/c1-9-5-10(2)21-15(17-9)7-14(20-21)18-11-3-4-13-12(6-11)19-16(22)8-23-13/h3-7H,8H2,1-2H3,(H,18,20)(H,19,22). The van der Waals surface area contributed by atoms with Crippen molar-refractivity contribution in [3.8, 4) is 5.75 Å². The molecule has 0 saturated carbocycles. The largest absolute Gasteiger partial charge is 0.482 e. The van der Waals surface area contributed by atoms with Crippen LogP contribution in [0.15, 0.2) is 30.3 Å². The van der Waals surface area contributed by atoms with Gasteiger partial charge in [-0.15, -0.1) is 5.10 Å². The van der Waals surface area contributed by atoms with Crippen molar-refractivity contribution in [3.05, 3.63) is 41.7 Å². The van der Waals surface area contributed by atoms with E-state index in [1.54, 1.807) is 4.52 Å². The van der Waals surface area contributed by atoms with E-state index >= 15 is 0 Å². The summed E-state index contributed by atoms with van der Waals surface area (Å²) in [5.74, 6) is 1.20. The third-order valence-corrected chi connectivity index (χ3v) is 3.62. The smallest absolute Gasteiger partial charge is 0.262 e. The van der Waals surface area contributed by atoms with E-state index in [-0.39, 0.29) is 12.5 Å². The molecule has 23 heavy (non-hydrogen) atoms. The molecule has 0 fully saturated rings. The molecule has 0 radical (unpaired) electrons. The molecule has 7 heteroatoms. The number of aryl methyl sites for hydroxylation is 2. The van der Waals surface area contributed by atoms with Crippen molar-refractivity contribution >= 4 is 28.7 Å². The van der Waals surface area contributed by atoms with Crippen LogP contribution in [0.25, 0.3) is 5.65 Å². The summed E-state index contributed by atoms with van der Waals surface area (Å²) in [4.78, 5) is 15.9. The van der Waals surface area contributed by atoms with Crippen molar-refractivity contribution < 1.29 is 9.53 Å². The maximum Gasteiger partial charge on any atom is 0.262 e. The summed E-state index contributed by atoms with van der Waals surface area (Å²) in [6, 6.07) is 9.39. The summed E-state index contributed by atoms with van der Waals surface area (Å²) in [5, 5.41) is 10.5. The molecular formula is C16H15N5O2. The number of ether oxygens (including phenoxy) is 1. The molecule has 1 aliphatic rings. The fourth-order valence-corrected chi connectivity index (χ4v) is 2.66. The lowest BCUT2D eigenvalue weighted by Gasteiger charge is -2.18. The Bertz CT molecular complexity index is 932. The number of aromatic nitrogens is 3. The highest BCUT2D eigenvalue weighted by molar-refractivity contribution is 5.96. The van der Waals surface area contributed by atoms with E-state index in [9.17, 15) is 4.79 Å². The molecule has 1 amide bonds. The zero-order valence-corrected chi connectivity index (χ0v) is 12.8. The molecule has 0 spiro atoms. The Morgan fingerprint density at radius 1 is 1.26 bits per heavy atom. The average Bonchev–Trinajstić information content (AvgIpc) is 2.89. The van der Waals surface area contributed by atoms with Crippen LogP contribution in [0.2, 0.25) is 0 Å². The van der Waals surface area contributed by atoms with Crippen molar-refractivity contribution in [2.45, 2.75) is 13.8 Å². The maximum absolute atomic E-state index is 11.4. The lowest BCUT2D eigenvalue weighted by atomic mass is 10.2. The van der Waals surface area contributed by atoms with Gasteiger partial charge in [-0.05, 0) is 38.1 Å². The highest BCUT2D eigenvalue weighted by Crippen LogP contribution is 2.31. The average molecular weight is 309 g/mol. The first kappa shape index (κ1) is 13.6. The molecule has 0 aliphatic carbocycles. The molecule has 4 rings (SSSR count). The Morgan fingerprint density at radius 3 is 3.00 bits per heavy atom. The summed E-state index contributed by atoms with van der Waals surface area (Å²) in [5.41, 5.74) is 4.23. The van der Waals surface area contributed by atoms with E-state index in [0.717, 1.165) is 22.7 Å². The van der Waals surface area contributed by atoms with Gasteiger partial charge in [0, 0.05) is 23.1 Å². The Hall–Kier alpha value is -3.09. The van der Waals surface area contributed by atoms with Crippen LogP contribution in [0.4, 0.5) is 17.2 Å². The van der Waals surface area contributed by atoms with E-state index in [0.29, 0.717) is 17.3 Å². The molecule has 1 aromatic carbocycles. The summed E-state index contributed by atoms with van der Waals surface area (Å²) in [6.07, 6.45) is 0. The summed E-state index contributed by atoms with van der Waals surface area (Å²) >= 11 is 0. The van der Waals surface area contributed by atoms with Gasteiger partial charge in [-0.2, -0.15) is 0 Å². The highest BCUT2D eigenvalue weighted by atomic mass is 16.5. The van der Waals surface area contributed by atoms with Gasteiger partial charge in [-0.25, -0.2) is 9.50 Å². The van der Waals surface area contributed by atoms with Crippen LogP contribution in [0, 0.1) is 13.8 Å². The van der Waals surface area contributed by atoms with Crippen molar-refractivity contribution in [1.29, 1.82) is 0 Å². The molecule has 0 bridgehead atoms. The minimum Gasteiger partial charge on any atom is -0.482 e. The number of hydrogen-bond acceptors (Lipinski definition) is 5. The quantitative estimate of drug-likeness (QED) is 0.760. The van der Waals surface area contributed by atoms with E-state index in [4.69, 9.17) is 4.74 Å². The van der Waals surface area contributed by atoms with Crippen LogP contribution in [0.1, 0.15) is 11.4 Å². The van der Waals surface area contributed by atoms with Crippen molar-refractivity contribution in [3.63, 3.8) is 0 Å².